The van der Waals surface area contributed by atoms with E-state index in [1.54, 1.807) is 0 Å². The second-order valence-corrected chi connectivity index (χ2v) is 14.6. The fraction of sp³-hybridized carbons (Fsp3) is 0.647. The lowest BCUT2D eigenvalue weighted by molar-refractivity contribution is -0.0856. The molecular weight excluding hydrogens is 485 g/mol. The van der Waals surface area contributed by atoms with Gasteiger partial charge in [0, 0.05) is 0 Å². The predicted octanol–water partition coefficient (Wildman–Crippen LogP) is 9.37. The van der Waals surface area contributed by atoms with Crippen molar-refractivity contribution in [1.29, 1.82) is 0 Å². The van der Waals surface area contributed by atoms with E-state index in [2.05, 4.69) is 53.2 Å². The molecule has 0 N–H and O–H groups in total. The molecule has 1 saturated heterocycles. The van der Waals surface area contributed by atoms with Crippen LogP contribution in [-0.2, 0) is 21.9 Å². The number of hydrogen-bond donors (Lipinski definition) is 0. The minimum Gasteiger partial charge on any atom is -0.314 e. The molecule has 2 heterocycles. The molecule has 4 saturated carbocycles. The summed E-state index contributed by atoms with van der Waals surface area (Å²) in [6, 6.07) is 18.1. The molecule has 4 aliphatic carbocycles. The van der Waals surface area contributed by atoms with Crippen LogP contribution >= 0.6 is 8.53 Å². The molecule has 0 aromatic heterocycles. The second-order valence-electron chi connectivity index (χ2n) is 13.3. The van der Waals surface area contributed by atoms with Crippen LogP contribution in [0.4, 0.5) is 11.4 Å². The maximum atomic E-state index is 7.41. The Bertz CT molecular complexity index is 1070. The van der Waals surface area contributed by atoms with E-state index in [1.165, 1.54) is 99.6 Å². The van der Waals surface area contributed by atoms with Crippen LogP contribution in [0.15, 0.2) is 48.5 Å². The summed E-state index contributed by atoms with van der Waals surface area (Å²) in [5.74, 6) is 4.99. The molecule has 38 heavy (non-hydrogen) atoms. The molecule has 0 bridgehead atoms. The lowest BCUT2D eigenvalue weighted by Crippen LogP contribution is -2.51. The lowest BCUT2D eigenvalue weighted by Gasteiger charge is -2.53. The summed E-state index contributed by atoms with van der Waals surface area (Å²) in [4.78, 5) is 0. The van der Waals surface area contributed by atoms with Crippen LogP contribution in [0.1, 0.15) is 88.2 Å². The topological polar surface area (TPSA) is 21.7 Å². The van der Waals surface area contributed by atoms with Gasteiger partial charge in [0.15, 0.2) is 0 Å². The van der Waals surface area contributed by atoms with Gasteiger partial charge in [-0.3, -0.25) is 4.67 Å². The average Bonchev–Trinajstić information content (AvgIpc) is 3.25. The van der Waals surface area contributed by atoms with E-state index < -0.39 is 8.53 Å². The molecule has 8 unspecified atom stereocenters. The SMILES string of the molecule is c1ccc2c(c1)CCc1ccccc1N2P1OC2CCC3CCCCC3C2C2C(CCC3CCCCC32)O1. The zero-order chi connectivity index (χ0) is 25.1. The molecule has 8 rings (SSSR count). The third kappa shape index (κ3) is 4.10. The first-order valence-electron chi connectivity index (χ1n) is 15.9. The van der Waals surface area contributed by atoms with Gasteiger partial charge in [0.2, 0.25) is 0 Å². The molecule has 2 aliphatic heterocycles. The van der Waals surface area contributed by atoms with Gasteiger partial charge >= 0.3 is 0 Å². The highest BCUT2D eigenvalue weighted by Gasteiger charge is 2.56. The summed E-state index contributed by atoms with van der Waals surface area (Å²) in [5, 5.41) is 0. The lowest BCUT2D eigenvalue weighted by atomic mass is 9.53. The minimum atomic E-state index is -1.21. The summed E-state index contributed by atoms with van der Waals surface area (Å²) in [6.45, 7) is 0. The number of anilines is 2. The Kier molecular flexibility index (Phi) is 6.55. The van der Waals surface area contributed by atoms with E-state index >= 15 is 0 Å². The Hall–Kier alpha value is -1.41. The van der Waals surface area contributed by atoms with Gasteiger partial charge in [0.25, 0.3) is 8.53 Å². The molecule has 8 atom stereocenters. The van der Waals surface area contributed by atoms with Crippen LogP contribution in [0, 0.1) is 35.5 Å². The molecular formula is C34H44NO2P. The molecule has 3 nitrogen and oxygen atoms in total. The Morgan fingerprint density at radius 2 is 1.03 bits per heavy atom. The van der Waals surface area contributed by atoms with Crippen LogP contribution in [0.25, 0.3) is 0 Å². The fourth-order valence-corrected chi connectivity index (χ4v) is 11.9. The second kappa shape index (κ2) is 10.2. The van der Waals surface area contributed by atoms with Gasteiger partial charge in [-0.05, 0) is 110 Å². The van der Waals surface area contributed by atoms with Crippen LogP contribution < -0.4 is 4.67 Å². The normalized spacial score (nSPS) is 40.2. The fourth-order valence-electron chi connectivity index (χ4n) is 9.99. The number of fused-ring (bicyclic) bond motifs is 9. The van der Waals surface area contributed by atoms with E-state index in [0.717, 1.165) is 36.5 Å². The van der Waals surface area contributed by atoms with Crippen LogP contribution in [0.2, 0.25) is 0 Å². The maximum absolute atomic E-state index is 7.41. The number of nitrogens with zero attached hydrogens (tertiary/aromatic N) is 1. The first-order valence-corrected chi connectivity index (χ1v) is 17.1. The standard InChI is InChI=1S/C34H44NO2P/c1-5-13-27-23(9-1)19-21-31-33(27)34-28-14-6-2-10-24(28)20-22-32(34)37-38(36-31)35-29-15-7-3-11-25(29)17-18-26-12-4-8-16-30(26)35/h3-4,7-8,11-12,15-16,23-24,27-28,31-34H,1-2,5-6,9-10,13-14,17-22H2. The molecule has 4 heteroatoms. The minimum absolute atomic E-state index is 0.360. The van der Waals surface area contributed by atoms with Gasteiger partial charge in [0.1, 0.15) is 0 Å². The van der Waals surface area contributed by atoms with Gasteiger partial charge in [0.05, 0.1) is 23.6 Å². The number of rotatable bonds is 1. The Morgan fingerprint density at radius 3 is 1.55 bits per heavy atom. The number of hydrogen-bond acceptors (Lipinski definition) is 3. The molecule has 202 valence electrons. The smallest absolute Gasteiger partial charge is 0.295 e. The van der Waals surface area contributed by atoms with Gasteiger partial charge in [-0.25, -0.2) is 0 Å². The van der Waals surface area contributed by atoms with E-state index in [4.69, 9.17) is 9.05 Å². The highest BCUT2D eigenvalue weighted by atomic mass is 31.2. The Labute approximate surface area is 230 Å². The van der Waals surface area contributed by atoms with Crippen molar-refractivity contribution in [3.8, 4) is 0 Å². The van der Waals surface area contributed by atoms with Crippen LogP contribution in [-0.4, -0.2) is 12.2 Å². The third-order valence-corrected chi connectivity index (χ3v) is 13.2. The third-order valence-electron chi connectivity index (χ3n) is 11.6. The first-order chi connectivity index (χ1) is 18.8. The van der Waals surface area contributed by atoms with Crippen LogP contribution in [0.5, 0.6) is 0 Å². The predicted molar refractivity (Wildman–Crippen MR) is 155 cm³/mol. The molecule has 6 aliphatic rings. The van der Waals surface area contributed by atoms with Crippen molar-refractivity contribution in [3.63, 3.8) is 0 Å². The van der Waals surface area contributed by atoms with E-state index in [0.29, 0.717) is 24.0 Å². The van der Waals surface area contributed by atoms with Gasteiger partial charge in [-0.15, -0.1) is 0 Å². The first kappa shape index (κ1) is 24.4. The molecule has 0 amide bonds. The highest BCUT2D eigenvalue weighted by molar-refractivity contribution is 7.49. The Morgan fingerprint density at radius 1 is 0.553 bits per heavy atom. The Balaban J connectivity index is 1.23. The number of benzene rings is 2. The van der Waals surface area contributed by atoms with Crippen molar-refractivity contribution in [1.82, 2.24) is 0 Å². The molecule has 0 spiro atoms. The van der Waals surface area contributed by atoms with Gasteiger partial charge < -0.3 is 9.05 Å². The maximum Gasteiger partial charge on any atom is 0.295 e. The highest BCUT2D eigenvalue weighted by Crippen LogP contribution is 2.65. The summed E-state index contributed by atoms with van der Waals surface area (Å²) in [5.41, 5.74) is 5.50. The molecule has 2 aromatic rings. The molecule has 5 fully saturated rings. The van der Waals surface area contributed by atoms with Gasteiger partial charge in [-0.1, -0.05) is 74.9 Å². The number of aryl methyl sites for hydroxylation is 2. The van der Waals surface area contributed by atoms with Crippen molar-refractivity contribution in [3.05, 3.63) is 59.7 Å². The van der Waals surface area contributed by atoms with Crippen molar-refractivity contribution in [2.24, 2.45) is 35.5 Å². The van der Waals surface area contributed by atoms with Crippen LogP contribution in [0.3, 0.4) is 0 Å². The van der Waals surface area contributed by atoms with Crippen molar-refractivity contribution in [2.45, 2.75) is 102 Å². The molecule has 2 aromatic carbocycles. The van der Waals surface area contributed by atoms with Crippen molar-refractivity contribution >= 4 is 19.9 Å². The van der Waals surface area contributed by atoms with Gasteiger partial charge in [-0.2, -0.15) is 0 Å². The monoisotopic (exact) mass is 529 g/mol. The average molecular weight is 530 g/mol. The van der Waals surface area contributed by atoms with E-state index in [9.17, 15) is 0 Å². The van der Waals surface area contributed by atoms with Crippen molar-refractivity contribution in [2.75, 3.05) is 4.67 Å². The number of para-hydroxylation sites is 2. The quantitative estimate of drug-likeness (QED) is 0.344. The summed E-state index contributed by atoms with van der Waals surface area (Å²) in [6.07, 6.45) is 19.6. The zero-order valence-corrected chi connectivity index (χ0v) is 23.7. The zero-order valence-electron chi connectivity index (χ0n) is 22.8. The summed E-state index contributed by atoms with van der Waals surface area (Å²) < 4.78 is 17.4. The molecule has 0 radical (unpaired) electrons. The van der Waals surface area contributed by atoms with E-state index in [-0.39, 0.29) is 0 Å². The largest absolute Gasteiger partial charge is 0.314 e. The summed E-state index contributed by atoms with van der Waals surface area (Å²) >= 11 is 0. The van der Waals surface area contributed by atoms with E-state index in [1.807, 2.05) is 0 Å². The summed E-state index contributed by atoms with van der Waals surface area (Å²) in [7, 11) is -1.21. The van der Waals surface area contributed by atoms with Crippen molar-refractivity contribution < 1.29 is 9.05 Å².